The first-order valence-corrected chi connectivity index (χ1v) is 14.0. The molecule has 1 saturated heterocycles. The number of fused-ring (bicyclic) bond motifs is 1. The molecule has 0 unspecified atom stereocenters. The number of likely N-dealkylation sites (tertiary alicyclic amines) is 1. The summed E-state index contributed by atoms with van der Waals surface area (Å²) < 4.78 is 12.4. The Balaban J connectivity index is 1.43. The summed E-state index contributed by atoms with van der Waals surface area (Å²) in [5, 5.41) is 9.58. The Morgan fingerprint density at radius 3 is 2.47 bits per heavy atom. The van der Waals surface area contributed by atoms with E-state index in [4.69, 9.17) is 0 Å². The van der Waals surface area contributed by atoms with Crippen LogP contribution in [0, 0.1) is 17.8 Å². The van der Waals surface area contributed by atoms with Crippen molar-refractivity contribution in [2.75, 3.05) is 26.3 Å². The summed E-state index contributed by atoms with van der Waals surface area (Å²) in [6.45, 7) is 5.20. The van der Waals surface area contributed by atoms with Crippen molar-refractivity contribution in [2.24, 2.45) is 17.8 Å². The van der Waals surface area contributed by atoms with E-state index < -0.39 is 5.97 Å². The second-order valence-corrected chi connectivity index (χ2v) is 11.5. The lowest BCUT2D eigenvalue weighted by molar-refractivity contribution is 0.0696. The molecule has 0 atom stereocenters. The van der Waals surface area contributed by atoms with Crippen LogP contribution in [0.2, 0.25) is 0 Å². The molecule has 0 radical (unpaired) electrons. The van der Waals surface area contributed by atoms with Crippen LogP contribution in [0.3, 0.4) is 0 Å². The lowest BCUT2D eigenvalue weighted by Gasteiger charge is -2.39. The Bertz CT molecular complexity index is 1090. The summed E-state index contributed by atoms with van der Waals surface area (Å²) in [5.41, 5.74) is 8.41. The third-order valence-corrected chi connectivity index (χ3v) is 8.75. The molecule has 4 heteroatoms. The maximum absolute atomic E-state index is 12.4. The first-order valence-electron chi connectivity index (χ1n) is 14.0. The topological polar surface area (TPSA) is 40.5 Å². The molecule has 0 bridgehead atoms. The number of rotatable bonds is 8. The fraction of sp³-hybridized carbons (Fsp3) is 0.531. The van der Waals surface area contributed by atoms with Crippen LogP contribution in [0.4, 0.5) is 4.39 Å². The highest BCUT2D eigenvalue weighted by atomic mass is 19.1. The molecule has 1 aliphatic heterocycles. The van der Waals surface area contributed by atoms with Crippen molar-refractivity contribution in [1.82, 2.24) is 4.90 Å². The van der Waals surface area contributed by atoms with Crippen LogP contribution in [-0.4, -0.2) is 42.3 Å². The zero-order chi connectivity index (χ0) is 25.1. The van der Waals surface area contributed by atoms with Crippen LogP contribution >= 0.6 is 0 Å². The molecule has 1 heterocycles. The second-order valence-electron chi connectivity index (χ2n) is 11.5. The monoisotopic (exact) mass is 489 g/mol. The van der Waals surface area contributed by atoms with Crippen molar-refractivity contribution in [3.8, 4) is 0 Å². The highest BCUT2D eigenvalue weighted by Crippen LogP contribution is 2.43. The van der Waals surface area contributed by atoms with Gasteiger partial charge in [-0.2, -0.15) is 0 Å². The van der Waals surface area contributed by atoms with Gasteiger partial charge in [0.1, 0.15) is 0 Å². The molecule has 36 heavy (non-hydrogen) atoms. The van der Waals surface area contributed by atoms with Crippen molar-refractivity contribution in [2.45, 2.75) is 64.7 Å². The summed E-state index contributed by atoms with van der Waals surface area (Å²) >= 11 is 0. The number of hydrogen-bond donors (Lipinski definition) is 1. The van der Waals surface area contributed by atoms with E-state index >= 15 is 0 Å². The Labute approximate surface area is 215 Å². The molecule has 0 aromatic heterocycles. The van der Waals surface area contributed by atoms with Crippen LogP contribution in [-0.2, 0) is 12.8 Å². The quantitative estimate of drug-likeness (QED) is 0.427. The van der Waals surface area contributed by atoms with E-state index in [9.17, 15) is 14.3 Å². The fourth-order valence-electron chi connectivity index (χ4n) is 6.72. The van der Waals surface area contributed by atoms with Gasteiger partial charge in [-0.05, 0) is 103 Å². The first kappa shape index (κ1) is 25.2. The van der Waals surface area contributed by atoms with E-state index in [1.54, 1.807) is 11.6 Å². The number of carboxylic acids is 1. The van der Waals surface area contributed by atoms with Gasteiger partial charge in [0.05, 0.1) is 12.2 Å². The molecule has 3 nitrogen and oxygen atoms in total. The predicted octanol–water partition coefficient (Wildman–Crippen LogP) is 7.18. The zero-order valence-electron chi connectivity index (χ0n) is 21.6. The largest absolute Gasteiger partial charge is 0.478 e. The van der Waals surface area contributed by atoms with Crippen LogP contribution in [0.25, 0.3) is 5.57 Å². The third-order valence-electron chi connectivity index (χ3n) is 8.75. The number of carboxylic acid groups (broad SMARTS) is 1. The molecular formula is C32H40FNO2. The highest BCUT2D eigenvalue weighted by Gasteiger charge is 2.29. The van der Waals surface area contributed by atoms with Crippen molar-refractivity contribution in [1.29, 1.82) is 0 Å². The molecule has 192 valence electrons. The number of aromatic carboxylic acids is 1. The van der Waals surface area contributed by atoms with Crippen LogP contribution < -0.4 is 0 Å². The average Bonchev–Trinajstić information content (AvgIpc) is 3.05. The van der Waals surface area contributed by atoms with E-state index in [0.717, 1.165) is 51.2 Å². The predicted molar refractivity (Wildman–Crippen MR) is 144 cm³/mol. The van der Waals surface area contributed by atoms with Gasteiger partial charge >= 0.3 is 5.97 Å². The molecule has 0 spiro atoms. The highest BCUT2D eigenvalue weighted by molar-refractivity contribution is 5.90. The molecule has 2 aliphatic carbocycles. The van der Waals surface area contributed by atoms with Gasteiger partial charge in [0, 0.05) is 19.6 Å². The number of alkyl halides is 1. The van der Waals surface area contributed by atoms with Crippen LogP contribution in [0.5, 0.6) is 0 Å². The maximum Gasteiger partial charge on any atom is 0.335 e. The molecule has 1 N–H and O–H groups in total. The fourth-order valence-corrected chi connectivity index (χ4v) is 6.72. The lowest BCUT2D eigenvalue weighted by Crippen LogP contribution is -2.47. The Kier molecular flexibility index (Phi) is 7.90. The van der Waals surface area contributed by atoms with Gasteiger partial charge in [0.25, 0.3) is 0 Å². The Morgan fingerprint density at radius 2 is 1.78 bits per heavy atom. The van der Waals surface area contributed by atoms with Crippen LogP contribution in [0.15, 0.2) is 48.0 Å². The van der Waals surface area contributed by atoms with E-state index in [1.165, 1.54) is 53.5 Å². The summed E-state index contributed by atoms with van der Waals surface area (Å²) in [6.07, 6.45) is 9.98. The number of nitrogens with zero attached hydrogens (tertiary/aromatic N) is 1. The normalized spacial score (nSPS) is 23.2. The van der Waals surface area contributed by atoms with E-state index in [0.29, 0.717) is 23.8 Å². The van der Waals surface area contributed by atoms with Crippen molar-refractivity contribution < 1.29 is 14.3 Å². The summed E-state index contributed by atoms with van der Waals surface area (Å²) in [6, 6.07) is 15.0. The van der Waals surface area contributed by atoms with Gasteiger partial charge in [-0.25, -0.2) is 4.79 Å². The van der Waals surface area contributed by atoms with Gasteiger partial charge in [-0.3, -0.25) is 4.39 Å². The van der Waals surface area contributed by atoms with E-state index in [-0.39, 0.29) is 6.67 Å². The average molecular weight is 490 g/mol. The number of allylic oxidation sites excluding steroid dienone is 1. The van der Waals surface area contributed by atoms with Crippen LogP contribution in [0.1, 0.15) is 84.5 Å². The Hall–Kier alpha value is -2.46. The number of aryl methyl sites for hydroxylation is 1. The van der Waals surface area contributed by atoms with Gasteiger partial charge in [-0.15, -0.1) is 0 Å². The number of benzene rings is 2. The Morgan fingerprint density at radius 1 is 1.03 bits per heavy atom. The first-order chi connectivity index (χ1) is 17.5. The lowest BCUT2D eigenvalue weighted by atomic mass is 9.75. The van der Waals surface area contributed by atoms with Gasteiger partial charge in [0.2, 0.25) is 0 Å². The van der Waals surface area contributed by atoms with Crippen molar-refractivity contribution in [3.63, 3.8) is 0 Å². The van der Waals surface area contributed by atoms with Gasteiger partial charge < -0.3 is 10.0 Å². The number of hydrogen-bond acceptors (Lipinski definition) is 2. The van der Waals surface area contributed by atoms with E-state index in [1.807, 2.05) is 6.07 Å². The standard InChI is InChI=1S/C32H40FNO2/c1-22-6-10-25(11-7-22)29-5-2-4-27-19-28(32(35)36)14-15-30(27)31(29)26-12-8-23(9-13-26)18-24-20-34(21-24)17-3-16-33/h8-9,12-15,19,22,24-25H,2-7,10-11,16-18,20-21H2,1H3,(H,35,36). The number of halogens is 1. The smallest absolute Gasteiger partial charge is 0.335 e. The third kappa shape index (κ3) is 5.59. The van der Waals surface area contributed by atoms with Gasteiger partial charge in [0.15, 0.2) is 0 Å². The van der Waals surface area contributed by atoms with Crippen molar-refractivity contribution >= 4 is 11.5 Å². The SMILES string of the molecule is CC1CCC(C2=C(c3ccc(CC4CN(CCCF)C4)cc3)c3ccc(C(=O)O)cc3CCC2)CC1. The van der Waals surface area contributed by atoms with Gasteiger partial charge in [-0.1, -0.05) is 55.7 Å². The zero-order valence-corrected chi connectivity index (χ0v) is 21.6. The second kappa shape index (κ2) is 11.3. The summed E-state index contributed by atoms with van der Waals surface area (Å²) in [5.74, 6) is 1.27. The molecule has 0 amide bonds. The summed E-state index contributed by atoms with van der Waals surface area (Å²) in [7, 11) is 0. The molecule has 2 aromatic rings. The van der Waals surface area contributed by atoms with Crippen molar-refractivity contribution in [3.05, 3.63) is 75.9 Å². The molecule has 3 aliphatic rings. The molecule has 2 aromatic carbocycles. The molecular weight excluding hydrogens is 449 g/mol. The number of carbonyl (C=O) groups is 1. The minimum atomic E-state index is -0.849. The molecule has 5 rings (SSSR count). The molecule has 2 fully saturated rings. The maximum atomic E-state index is 12.4. The minimum Gasteiger partial charge on any atom is -0.478 e. The summed E-state index contributed by atoms with van der Waals surface area (Å²) in [4.78, 5) is 14.0. The minimum absolute atomic E-state index is 0.221. The van der Waals surface area contributed by atoms with E-state index in [2.05, 4.69) is 42.2 Å². The molecule has 1 saturated carbocycles.